The second-order valence-corrected chi connectivity index (χ2v) is 6.31. The second kappa shape index (κ2) is 7.55. The van der Waals surface area contributed by atoms with Gasteiger partial charge in [-0.25, -0.2) is 0 Å². The lowest BCUT2D eigenvalue weighted by Gasteiger charge is -2.06. The Morgan fingerprint density at radius 2 is 2.31 bits per heavy atom. The van der Waals surface area contributed by atoms with E-state index in [2.05, 4.69) is 50.1 Å². The molecule has 0 radical (unpaired) electrons. The van der Waals surface area contributed by atoms with Gasteiger partial charge in [0.1, 0.15) is 0 Å². The summed E-state index contributed by atoms with van der Waals surface area (Å²) in [5, 5.41) is 2.92. The molecule has 0 heterocycles. The first-order chi connectivity index (χ1) is 7.65. The average Bonchev–Trinajstić information content (AvgIpc) is 2.27. The van der Waals surface area contributed by atoms with E-state index in [0.717, 1.165) is 26.8 Å². The summed E-state index contributed by atoms with van der Waals surface area (Å²) in [5.74, 6) is 1.07. The molecular formula is C11H13BrINOS. The van der Waals surface area contributed by atoms with Crippen molar-refractivity contribution in [1.82, 2.24) is 5.32 Å². The molecule has 0 saturated carbocycles. The fourth-order valence-corrected chi connectivity index (χ4v) is 2.54. The van der Waals surface area contributed by atoms with Gasteiger partial charge in [0.15, 0.2) is 0 Å². The number of nitrogens with one attached hydrogen (secondary N) is 1. The number of hydrogen-bond donors (Lipinski definition) is 1. The van der Waals surface area contributed by atoms with E-state index in [1.807, 2.05) is 18.2 Å². The van der Waals surface area contributed by atoms with Crippen molar-refractivity contribution in [2.45, 2.75) is 6.42 Å². The van der Waals surface area contributed by atoms with Crippen molar-refractivity contribution < 1.29 is 4.79 Å². The van der Waals surface area contributed by atoms with Gasteiger partial charge in [-0.05, 0) is 75.1 Å². The molecule has 2 nitrogen and oxygen atoms in total. The van der Waals surface area contributed by atoms with Gasteiger partial charge in [-0.2, -0.15) is 11.8 Å². The molecule has 1 amide bonds. The Kier molecular flexibility index (Phi) is 6.75. The van der Waals surface area contributed by atoms with Crippen LogP contribution in [0.15, 0.2) is 22.7 Å². The zero-order valence-electron chi connectivity index (χ0n) is 8.93. The zero-order valence-corrected chi connectivity index (χ0v) is 13.5. The average molecular weight is 414 g/mol. The number of thioether (sulfide) groups is 1. The molecule has 0 bridgehead atoms. The SMILES string of the molecule is CSCCCNC(=O)c1cc(I)ccc1Br. The number of carbonyl (C=O) groups is 1. The number of carbonyl (C=O) groups excluding carboxylic acids is 1. The largest absolute Gasteiger partial charge is 0.352 e. The van der Waals surface area contributed by atoms with Gasteiger partial charge in [0.25, 0.3) is 5.91 Å². The molecule has 0 aromatic heterocycles. The van der Waals surface area contributed by atoms with Crippen LogP contribution in [0.1, 0.15) is 16.8 Å². The fourth-order valence-electron chi connectivity index (χ4n) is 1.19. The summed E-state index contributed by atoms with van der Waals surface area (Å²) in [4.78, 5) is 11.8. The lowest BCUT2D eigenvalue weighted by molar-refractivity contribution is 0.0953. The summed E-state index contributed by atoms with van der Waals surface area (Å²) < 4.78 is 1.91. The molecule has 0 saturated heterocycles. The van der Waals surface area contributed by atoms with Crippen molar-refractivity contribution in [3.05, 3.63) is 31.8 Å². The Balaban J connectivity index is 2.55. The third-order valence-corrected chi connectivity index (χ3v) is 4.04. The lowest BCUT2D eigenvalue weighted by atomic mass is 10.2. The fraction of sp³-hybridized carbons (Fsp3) is 0.364. The van der Waals surface area contributed by atoms with E-state index >= 15 is 0 Å². The molecule has 0 atom stereocenters. The molecule has 1 rings (SSSR count). The van der Waals surface area contributed by atoms with Crippen LogP contribution in [0.5, 0.6) is 0 Å². The summed E-state index contributed by atoms with van der Waals surface area (Å²) in [6.45, 7) is 0.734. The van der Waals surface area contributed by atoms with Crippen molar-refractivity contribution in [2.75, 3.05) is 18.6 Å². The first-order valence-electron chi connectivity index (χ1n) is 4.87. The number of rotatable bonds is 5. The molecule has 16 heavy (non-hydrogen) atoms. The molecule has 5 heteroatoms. The molecule has 88 valence electrons. The maximum Gasteiger partial charge on any atom is 0.252 e. The van der Waals surface area contributed by atoms with E-state index in [9.17, 15) is 4.79 Å². The van der Waals surface area contributed by atoms with E-state index in [-0.39, 0.29) is 5.91 Å². The molecule has 0 aliphatic heterocycles. The summed E-state index contributed by atoms with van der Waals surface area (Å²) in [5.41, 5.74) is 0.705. The first kappa shape index (κ1) is 14.3. The minimum atomic E-state index is -0.00788. The highest BCUT2D eigenvalue weighted by Gasteiger charge is 2.09. The van der Waals surface area contributed by atoms with Crippen LogP contribution in [-0.4, -0.2) is 24.5 Å². The van der Waals surface area contributed by atoms with Crippen molar-refractivity contribution in [3.8, 4) is 0 Å². The summed E-state index contributed by atoms with van der Waals surface area (Å²) in [6, 6.07) is 5.75. The summed E-state index contributed by atoms with van der Waals surface area (Å²) >= 11 is 7.38. The van der Waals surface area contributed by atoms with E-state index in [1.165, 1.54) is 0 Å². The molecule has 1 aromatic rings. The van der Waals surface area contributed by atoms with Crippen LogP contribution in [0.2, 0.25) is 0 Å². The molecule has 0 spiro atoms. The Morgan fingerprint density at radius 3 is 3.00 bits per heavy atom. The van der Waals surface area contributed by atoms with Crippen LogP contribution in [0.25, 0.3) is 0 Å². The Hall–Kier alpha value is 0.250. The van der Waals surface area contributed by atoms with Crippen LogP contribution in [0, 0.1) is 3.57 Å². The number of halogens is 2. The van der Waals surface area contributed by atoms with Crippen LogP contribution in [0.3, 0.4) is 0 Å². The van der Waals surface area contributed by atoms with Gasteiger partial charge in [-0.1, -0.05) is 0 Å². The highest BCUT2D eigenvalue weighted by atomic mass is 127. The van der Waals surface area contributed by atoms with Gasteiger partial charge >= 0.3 is 0 Å². The van der Waals surface area contributed by atoms with Gasteiger partial charge in [0, 0.05) is 14.6 Å². The highest BCUT2D eigenvalue weighted by molar-refractivity contribution is 14.1. The van der Waals surface area contributed by atoms with Crippen LogP contribution in [0.4, 0.5) is 0 Å². The standard InChI is InChI=1S/C11H13BrINOS/c1-16-6-2-5-14-11(15)9-7-8(13)3-4-10(9)12/h3-4,7H,2,5-6H2,1H3,(H,14,15). The van der Waals surface area contributed by atoms with Crippen molar-refractivity contribution in [3.63, 3.8) is 0 Å². The molecule has 0 aliphatic rings. The smallest absolute Gasteiger partial charge is 0.252 e. The maximum atomic E-state index is 11.8. The minimum Gasteiger partial charge on any atom is -0.352 e. The quantitative estimate of drug-likeness (QED) is 0.590. The van der Waals surface area contributed by atoms with Crippen LogP contribution < -0.4 is 5.32 Å². The topological polar surface area (TPSA) is 29.1 Å². The third kappa shape index (κ3) is 4.63. The predicted octanol–water partition coefficient (Wildman–Crippen LogP) is 3.54. The van der Waals surface area contributed by atoms with Gasteiger partial charge in [-0.15, -0.1) is 0 Å². The minimum absolute atomic E-state index is 0.00788. The third-order valence-electron chi connectivity index (χ3n) is 1.98. The van der Waals surface area contributed by atoms with Crippen molar-refractivity contribution >= 4 is 56.2 Å². The molecule has 0 aliphatic carbocycles. The molecule has 1 aromatic carbocycles. The number of hydrogen-bond acceptors (Lipinski definition) is 2. The van der Waals surface area contributed by atoms with Gasteiger partial charge in [-0.3, -0.25) is 4.79 Å². The summed E-state index contributed by atoms with van der Waals surface area (Å²) in [7, 11) is 0. The monoisotopic (exact) mass is 413 g/mol. The lowest BCUT2D eigenvalue weighted by Crippen LogP contribution is -2.25. The number of amides is 1. The molecule has 0 unspecified atom stereocenters. The van der Waals surface area contributed by atoms with Gasteiger partial charge < -0.3 is 5.32 Å². The molecule has 1 N–H and O–H groups in total. The maximum absolute atomic E-state index is 11.8. The van der Waals surface area contributed by atoms with Gasteiger partial charge in [0.2, 0.25) is 0 Å². The highest BCUT2D eigenvalue weighted by Crippen LogP contribution is 2.19. The Bertz CT molecular complexity index is 373. The van der Waals surface area contributed by atoms with E-state index in [0.29, 0.717) is 5.56 Å². The van der Waals surface area contributed by atoms with E-state index in [4.69, 9.17) is 0 Å². The second-order valence-electron chi connectivity index (χ2n) is 3.23. The normalized spacial score (nSPS) is 10.2. The van der Waals surface area contributed by atoms with Crippen LogP contribution in [-0.2, 0) is 0 Å². The van der Waals surface area contributed by atoms with E-state index in [1.54, 1.807) is 11.8 Å². The Labute approximate surface area is 122 Å². The van der Waals surface area contributed by atoms with Crippen LogP contribution >= 0.6 is 50.3 Å². The predicted molar refractivity (Wildman–Crippen MR) is 82.2 cm³/mol. The Morgan fingerprint density at radius 1 is 1.56 bits per heavy atom. The molecular weight excluding hydrogens is 401 g/mol. The molecule has 0 fully saturated rings. The summed E-state index contributed by atoms with van der Waals surface area (Å²) in [6.07, 6.45) is 3.08. The first-order valence-corrected chi connectivity index (χ1v) is 8.14. The zero-order chi connectivity index (χ0) is 12.0. The van der Waals surface area contributed by atoms with E-state index < -0.39 is 0 Å². The van der Waals surface area contributed by atoms with Crippen molar-refractivity contribution in [2.24, 2.45) is 0 Å². The van der Waals surface area contributed by atoms with Gasteiger partial charge in [0.05, 0.1) is 5.56 Å². The van der Waals surface area contributed by atoms with Crippen molar-refractivity contribution in [1.29, 1.82) is 0 Å². The number of benzene rings is 1.